The Labute approximate surface area is 95.7 Å². The molecule has 1 aromatic rings. The molecule has 0 spiro atoms. The average Bonchev–Trinajstić information content (AvgIpc) is 2.69. The van der Waals surface area contributed by atoms with E-state index in [0.29, 0.717) is 11.3 Å². The molecule has 0 atom stereocenters. The average molecular weight is 222 g/mol. The van der Waals surface area contributed by atoms with Crippen molar-refractivity contribution in [3.8, 4) is 0 Å². The first-order valence-corrected chi connectivity index (χ1v) is 5.52. The van der Waals surface area contributed by atoms with E-state index in [1.807, 2.05) is 6.92 Å². The SMILES string of the molecule is CCCCC(C)=NNC(=O)c1ccoc1C. The van der Waals surface area contributed by atoms with E-state index in [0.717, 1.165) is 25.0 Å². The minimum atomic E-state index is -0.220. The van der Waals surface area contributed by atoms with E-state index in [2.05, 4.69) is 17.5 Å². The van der Waals surface area contributed by atoms with Crippen LogP contribution in [0.4, 0.5) is 0 Å². The van der Waals surface area contributed by atoms with Crippen LogP contribution in [0, 0.1) is 6.92 Å². The molecule has 0 aromatic carbocycles. The number of nitrogens with one attached hydrogen (secondary N) is 1. The lowest BCUT2D eigenvalue weighted by Gasteiger charge is -2.01. The fourth-order valence-electron chi connectivity index (χ4n) is 1.32. The molecule has 16 heavy (non-hydrogen) atoms. The van der Waals surface area contributed by atoms with Crippen LogP contribution in [0.15, 0.2) is 21.8 Å². The van der Waals surface area contributed by atoms with Crippen molar-refractivity contribution in [2.75, 3.05) is 0 Å². The van der Waals surface area contributed by atoms with Gasteiger partial charge in [0.15, 0.2) is 0 Å². The third-order valence-corrected chi connectivity index (χ3v) is 2.34. The summed E-state index contributed by atoms with van der Waals surface area (Å²) in [6, 6.07) is 1.64. The maximum absolute atomic E-state index is 11.6. The zero-order chi connectivity index (χ0) is 12.0. The molecular formula is C12H18N2O2. The predicted octanol–water partition coefficient (Wildman–Crippen LogP) is 2.88. The first-order valence-electron chi connectivity index (χ1n) is 5.52. The maximum Gasteiger partial charge on any atom is 0.274 e. The molecule has 1 aromatic heterocycles. The van der Waals surface area contributed by atoms with Crippen LogP contribution in [-0.4, -0.2) is 11.6 Å². The molecule has 88 valence electrons. The Hall–Kier alpha value is -1.58. The third-order valence-electron chi connectivity index (χ3n) is 2.34. The molecule has 0 saturated carbocycles. The van der Waals surface area contributed by atoms with Gasteiger partial charge < -0.3 is 4.42 Å². The Morgan fingerprint density at radius 1 is 1.56 bits per heavy atom. The number of hydrogen-bond acceptors (Lipinski definition) is 3. The molecule has 4 nitrogen and oxygen atoms in total. The molecule has 0 aliphatic heterocycles. The summed E-state index contributed by atoms with van der Waals surface area (Å²) >= 11 is 0. The Bertz CT molecular complexity index is 380. The van der Waals surface area contributed by atoms with Crippen molar-refractivity contribution < 1.29 is 9.21 Å². The standard InChI is InChI=1S/C12H18N2O2/c1-4-5-6-9(2)13-14-12(15)11-7-8-16-10(11)3/h7-8H,4-6H2,1-3H3,(H,14,15). The van der Waals surface area contributed by atoms with Crippen molar-refractivity contribution in [2.24, 2.45) is 5.10 Å². The van der Waals surface area contributed by atoms with Crippen LogP contribution >= 0.6 is 0 Å². The molecule has 0 fully saturated rings. The second-order valence-corrected chi connectivity index (χ2v) is 3.78. The largest absolute Gasteiger partial charge is 0.469 e. The molecule has 0 saturated heterocycles. The molecule has 0 radical (unpaired) electrons. The van der Waals surface area contributed by atoms with Gasteiger partial charge in [0.05, 0.1) is 11.8 Å². The summed E-state index contributed by atoms with van der Waals surface area (Å²) in [6.07, 6.45) is 4.64. The van der Waals surface area contributed by atoms with Crippen LogP contribution in [0.25, 0.3) is 0 Å². The van der Waals surface area contributed by atoms with Gasteiger partial charge in [-0.3, -0.25) is 4.79 Å². The van der Waals surface area contributed by atoms with Crippen LogP contribution in [0.3, 0.4) is 0 Å². The molecular weight excluding hydrogens is 204 g/mol. The summed E-state index contributed by atoms with van der Waals surface area (Å²) in [5, 5.41) is 4.03. The predicted molar refractivity (Wildman–Crippen MR) is 63.5 cm³/mol. The lowest BCUT2D eigenvalue weighted by atomic mass is 10.2. The fraction of sp³-hybridized carbons (Fsp3) is 0.500. The number of hydrazone groups is 1. The maximum atomic E-state index is 11.6. The summed E-state index contributed by atoms with van der Waals surface area (Å²) < 4.78 is 5.05. The fourth-order valence-corrected chi connectivity index (χ4v) is 1.32. The number of furan rings is 1. The van der Waals surface area contributed by atoms with Gasteiger partial charge in [-0.2, -0.15) is 5.10 Å². The highest BCUT2D eigenvalue weighted by Crippen LogP contribution is 2.08. The van der Waals surface area contributed by atoms with Crippen molar-refractivity contribution >= 4 is 11.6 Å². The zero-order valence-electron chi connectivity index (χ0n) is 10.0. The van der Waals surface area contributed by atoms with Crippen LogP contribution in [0.1, 0.15) is 49.2 Å². The lowest BCUT2D eigenvalue weighted by Crippen LogP contribution is -2.19. The Morgan fingerprint density at radius 2 is 2.31 bits per heavy atom. The van der Waals surface area contributed by atoms with Gasteiger partial charge in [0, 0.05) is 5.71 Å². The number of carbonyl (C=O) groups is 1. The summed E-state index contributed by atoms with van der Waals surface area (Å²) in [7, 11) is 0. The zero-order valence-corrected chi connectivity index (χ0v) is 10.0. The molecule has 4 heteroatoms. The number of hydrogen-bond donors (Lipinski definition) is 1. The van der Waals surface area contributed by atoms with E-state index in [9.17, 15) is 4.79 Å². The second kappa shape index (κ2) is 6.10. The van der Waals surface area contributed by atoms with E-state index < -0.39 is 0 Å². The quantitative estimate of drug-likeness (QED) is 0.615. The topological polar surface area (TPSA) is 54.6 Å². The summed E-state index contributed by atoms with van der Waals surface area (Å²) in [5.74, 6) is 0.390. The lowest BCUT2D eigenvalue weighted by molar-refractivity contribution is 0.0953. The van der Waals surface area contributed by atoms with Gasteiger partial charge in [-0.25, -0.2) is 5.43 Å². The Balaban J connectivity index is 2.50. The Morgan fingerprint density at radius 3 is 2.88 bits per heavy atom. The van der Waals surface area contributed by atoms with Crippen molar-refractivity contribution in [3.63, 3.8) is 0 Å². The molecule has 1 rings (SSSR count). The first-order chi connectivity index (χ1) is 7.65. The summed E-state index contributed by atoms with van der Waals surface area (Å²) in [6.45, 7) is 5.79. The highest BCUT2D eigenvalue weighted by Gasteiger charge is 2.10. The van der Waals surface area contributed by atoms with Gasteiger partial charge in [-0.1, -0.05) is 13.3 Å². The molecule has 1 heterocycles. The molecule has 0 unspecified atom stereocenters. The van der Waals surface area contributed by atoms with Crippen molar-refractivity contribution in [2.45, 2.75) is 40.0 Å². The van der Waals surface area contributed by atoms with Gasteiger partial charge in [0.1, 0.15) is 5.76 Å². The van der Waals surface area contributed by atoms with Gasteiger partial charge in [0.2, 0.25) is 0 Å². The van der Waals surface area contributed by atoms with Crippen LogP contribution < -0.4 is 5.43 Å². The highest BCUT2D eigenvalue weighted by molar-refractivity contribution is 5.95. The van der Waals surface area contributed by atoms with E-state index in [4.69, 9.17) is 4.42 Å². The van der Waals surface area contributed by atoms with E-state index in [1.165, 1.54) is 6.26 Å². The molecule has 1 N–H and O–H groups in total. The van der Waals surface area contributed by atoms with Gasteiger partial charge >= 0.3 is 0 Å². The normalized spacial score (nSPS) is 11.6. The molecule has 0 aliphatic carbocycles. The minimum Gasteiger partial charge on any atom is -0.469 e. The van der Waals surface area contributed by atoms with Crippen LogP contribution in [0.2, 0.25) is 0 Å². The second-order valence-electron chi connectivity index (χ2n) is 3.78. The van der Waals surface area contributed by atoms with Gasteiger partial charge in [-0.05, 0) is 32.8 Å². The number of nitrogens with zero attached hydrogens (tertiary/aromatic N) is 1. The molecule has 0 bridgehead atoms. The van der Waals surface area contributed by atoms with Crippen LogP contribution in [-0.2, 0) is 0 Å². The number of carbonyl (C=O) groups excluding carboxylic acids is 1. The van der Waals surface area contributed by atoms with Gasteiger partial charge in [0.25, 0.3) is 5.91 Å². The highest BCUT2D eigenvalue weighted by atomic mass is 16.3. The number of amides is 1. The number of rotatable bonds is 5. The van der Waals surface area contributed by atoms with Crippen LogP contribution in [0.5, 0.6) is 0 Å². The smallest absolute Gasteiger partial charge is 0.274 e. The van der Waals surface area contributed by atoms with E-state index in [-0.39, 0.29) is 5.91 Å². The molecule has 0 aliphatic rings. The van der Waals surface area contributed by atoms with E-state index >= 15 is 0 Å². The summed E-state index contributed by atoms with van der Waals surface area (Å²) in [4.78, 5) is 11.6. The van der Waals surface area contributed by atoms with Gasteiger partial charge in [-0.15, -0.1) is 0 Å². The Kier molecular flexibility index (Phi) is 4.76. The van der Waals surface area contributed by atoms with Crippen molar-refractivity contribution in [1.29, 1.82) is 0 Å². The van der Waals surface area contributed by atoms with Crippen molar-refractivity contribution in [1.82, 2.24) is 5.43 Å². The third kappa shape index (κ3) is 3.53. The minimum absolute atomic E-state index is 0.220. The number of aryl methyl sites for hydroxylation is 1. The number of unbranched alkanes of at least 4 members (excludes halogenated alkanes) is 1. The summed E-state index contributed by atoms with van der Waals surface area (Å²) in [5.41, 5.74) is 4.00. The molecule has 1 amide bonds. The van der Waals surface area contributed by atoms with Crippen molar-refractivity contribution in [3.05, 3.63) is 23.7 Å². The first kappa shape index (κ1) is 12.5. The van der Waals surface area contributed by atoms with E-state index in [1.54, 1.807) is 13.0 Å². The monoisotopic (exact) mass is 222 g/mol.